The van der Waals surface area contributed by atoms with Gasteiger partial charge in [0.1, 0.15) is 12.6 Å². The van der Waals surface area contributed by atoms with E-state index >= 15 is 0 Å². The van der Waals surface area contributed by atoms with Crippen LogP contribution in [0.1, 0.15) is 91.4 Å². The van der Waals surface area contributed by atoms with Crippen LogP contribution >= 0.6 is 0 Å². The summed E-state index contributed by atoms with van der Waals surface area (Å²) in [5.74, 6) is -2.26. The Morgan fingerprint density at radius 3 is 2.34 bits per heavy atom. The highest BCUT2D eigenvalue weighted by molar-refractivity contribution is 6.01. The molecule has 1 amide bonds. The maximum absolute atomic E-state index is 14.1. The van der Waals surface area contributed by atoms with E-state index in [1.54, 1.807) is 12.1 Å². The van der Waals surface area contributed by atoms with Crippen LogP contribution < -0.4 is 23.0 Å². The predicted molar refractivity (Wildman–Crippen MR) is 176 cm³/mol. The number of rotatable bonds is 12. The molecule has 50 heavy (non-hydrogen) atoms. The average molecular weight is 726 g/mol. The van der Waals surface area contributed by atoms with Crippen LogP contribution in [-0.2, 0) is 31.7 Å². The predicted octanol–water partition coefficient (Wildman–Crippen LogP) is 2.02. The normalized spacial score (nSPS) is 19.4. The van der Waals surface area contributed by atoms with E-state index in [2.05, 4.69) is 11.7 Å². The molecule has 1 saturated carbocycles. The van der Waals surface area contributed by atoms with E-state index in [0.29, 0.717) is 48.9 Å². The number of benzene rings is 1. The fraction of sp³-hybridized carbons (Fsp3) is 0.571. The number of nitrogens with zero attached hydrogens (tertiary/aromatic N) is 4. The molecule has 2 aromatic rings. The summed E-state index contributed by atoms with van der Waals surface area (Å²) in [4.78, 5) is 52.0. The number of carbonyl (C=O) groups excluding carboxylic acids is 4. The summed E-state index contributed by atoms with van der Waals surface area (Å²) in [6.45, 7) is 9.55. The van der Waals surface area contributed by atoms with Crippen LogP contribution in [0.3, 0.4) is 0 Å². The Balaban J connectivity index is 0.00000676. The topological polar surface area (TPSA) is 134 Å². The highest BCUT2D eigenvalue weighted by atomic mass is 35.5. The second kappa shape index (κ2) is 15.5. The summed E-state index contributed by atoms with van der Waals surface area (Å²) in [7, 11) is 5.80. The van der Waals surface area contributed by atoms with Gasteiger partial charge < -0.3 is 37.0 Å². The fourth-order valence-electron chi connectivity index (χ4n) is 6.92. The number of quaternary nitrogens is 1. The number of amides is 1. The van der Waals surface area contributed by atoms with Crippen molar-refractivity contribution in [3.63, 3.8) is 0 Å². The van der Waals surface area contributed by atoms with Crippen molar-refractivity contribution in [2.24, 2.45) is 11.1 Å². The second-order valence-corrected chi connectivity index (χ2v) is 14.9. The lowest BCUT2D eigenvalue weighted by molar-refractivity contribution is -0.873. The zero-order valence-corrected chi connectivity index (χ0v) is 30.2. The molecule has 1 atom stereocenters. The molecule has 1 fully saturated rings. The van der Waals surface area contributed by atoms with E-state index in [9.17, 15) is 32.3 Å². The van der Waals surface area contributed by atoms with E-state index < -0.39 is 52.6 Å². The van der Waals surface area contributed by atoms with Crippen molar-refractivity contribution in [3.8, 4) is 5.69 Å². The second-order valence-electron chi connectivity index (χ2n) is 14.9. The van der Waals surface area contributed by atoms with Gasteiger partial charge in [0.15, 0.2) is 17.6 Å². The van der Waals surface area contributed by atoms with Gasteiger partial charge in [0.25, 0.3) is 5.91 Å². The molecule has 1 aromatic heterocycles. The Bertz CT molecular complexity index is 1610. The molecule has 11 nitrogen and oxygen atoms in total. The van der Waals surface area contributed by atoms with E-state index in [4.69, 9.17) is 15.2 Å². The first-order chi connectivity index (χ1) is 22.7. The van der Waals surface area contributed by atoms with Crippen molar-refractivity contribution < 1.29 is 58.7 Å². The molecule has 2 aliphatic rings. The summed E-state index contributed by atoms with van der Waals surface area (Å²) in [5.41, 5.74) is 4.55. The first kappa shape index (κ1) is 40.5. The summed E-state index contributed by atoms with van der Waals surface area (Å²) in [6.07, 6.45) is -1.91. The Morgan fingerprint density at radius 1 is 1.16 bits per heavy atom. The Hall–Kier alpha value is -3.91. The quantitative estimate of drug-likeness (QED) is 0.200. The van der Waals surface area contributed by atoms with E-state index in [1.807, 2.05) is 39.9 Å². The maximum atomic E-state index is 14.1. The van der Waals surface area contributed by atoms with E-state index in [0.717, 1.165) is 4.68 Å². The number of Topliss-reactive ketones (excluding diaryl/α,β-unsaturated/α-hetero) is 1. The molecule has 2 aliphatic carbocycles. The number of esters is 2. The molecular weight excluding hydrogens is 679 g/mol. The van der Waals surface area contributed by atoms with Crippen molar-refractivity contribution in [2.45, 2.75) is 90.1 Å². The molecule has 0 saturated heterocycles. The van der Waals surface area contributed by atoms with Crippen LogP contribution in [0.25, 0.3) is 5.69 Å². The number of likely N-dealkylation sites (N-methyl/N-ethyl adjacent to an activating group) is 1. The highest BCUT2D eigenvalue weighted by Gasteiger charge is 2.45. The van der Waals surface area contributed by atoms with Crippen molar-refractivity contribution in [1.82, 2.24) is 9.78 Å². The number of hydrogen-bond acceptors (Lipinski definition) is 8. The number of fused-ring (bicyclic) bond motifs is 1. The molecule has 0 spiro atoms. The number of nitrogens with two attached hydrogens (primary N) is 1. The van der Waals surface area contributed by atoms with Crippen molar-refractivity contribution in [1.29, 1.82) is 0 Å². The van der Waals surface area contributed by atoms with Gasteiger partial charge in [-0.15, -0.1) is 6.58 Å². The lowest BCUT2D eigenvalue weighted by Gasteiger charge is -2.38. The molecule has 1 unspecified atom stereocenters. The molecule has 0 bridgehead atoms. The molecule has 0 aliphatic heterocycles. The number of ether oxygens (including phenoxy) is 2. The van der Waals surface area contributed by atoms with Gasteiger partial charge in [-0.2, -0.15) is 18.3 Å². The first-order valence-corrected chi connectivity index (χ1v) is 16.4. The van der Waals surface area contributed by atoms with Crippen LogP contribution in [0.15, 0.2) is 30.9 Å². The van der Waals surface area contributed by atoms with Gasteiger partial charge >= 0.3 is 18.1 Å². The minimum absolute atomic E-state index is 0. The van der Waals surface area contributed by atoms with Gasteiger partial charge in [0, 0.05) is 25.9 Å². The molecule has 0 radical (unpaired) electrons. The molecule has 1 aromatic carbocycles. The number of aromatic nitrogens is 2. The third-order valence-corrected chi connectivity index (χ3v) is 8.80. The Kier molecular flexibility index (Phi) is 12.6. The zero-order valence-electron chi connectivity index (χ0n) is 29.4. The lowest BCUT2D eigenvalue weighted by Crippen LogP contribution is -3.00. The van der Waals surface area contributed by atoms with E-state index in [1.165, 1.54) is 19.1 Å². The van der Waals surface area contributed by atoms with Gasteiger partial charge in [-0.3, -0.25) is 19.2 Å². The van der Waals surface area contributed by atoms with Crippen LogP contribution in [0.5, 0.6) is 0 Å². The SMILES string of the molecule is C=CCN(c1cc(-n2nc(C(F)(F)F)c3c2CC(C)(C)CC3=O)ccc1C(N)=O)[C@H]1CC[C@H](OC(=O)CC(C[N+](C)(C)C)OC(C)=O)CC1.[Cl-]. The largest absolute Gasteiger partial charge is 1.00 e. The van der Waals surface area contributed by atoms with Gasteiger partial charge in [-0.05, 0) is 55.7 Å². The van der Waals surface area contributed by atoms with Crippen LogP contribution in [0.4, 0.5) is 18.9 Å². The van der Waals surface area contributed by atoms with Crippen LogP contribution in [0, 0.1) is 5.41 Å². The maximum Gasteiger partial charge on any atom is 0.435 e. The third kappa shape index (κ3) is 9.87. The number of alkyl halides is 3. The summed E-state index contributed by atoms with van der Waals surface area (Å²) >= 11 is 0. The zero-order chi connectivity index (χ0) is 36.5. The molecule has 2 N–H and O–H groups in total. The summed E-state index contributed by atoms with van der Waals surface area (Å²) in [6, 6.07) is 4.38. The van der Waals surface area contributed by atoms with Gasteiger partial charge in [-0.1, -0.05) is 19.9 Å². The molecule has 1 heterocycles. The standard InChI is InChI=1S/C35H46F3N5O6.ClH/c1-8-15-41(22-9-12-24(13-10-22)49-30(46)17-25(48-21(2)44)20-43(5,6)7)27-16-23(11-14-26(27)33(39)47)42-28-18-34(3,4)19-29(45)31(28)32(40-42)35(36,37)38;/h8,11,14,16,22,24-25H,1,9-10,12-13,15,17-20H2,2-7H3,(H-,39,47);1H/t22-,24-,25?;. The monoisotopic (exact) mass is 725 g/mol. The Labute approximate surface area is 296 Å². The average Bonchev–Trinajstić information content (AvgIpc) is 3.34. The van der Waals surface area contributed by atoms with Crippen molar-refractivity contribution >= 4 is 29.3 Å². The first-order valence-electron chi connectivity index (χ1n) is 16.4. The molecule has 276 valence electrons. The van der Waals surface area contributed by atoms with Crippen LogP contribution in [0.2, 0.25) is 0 Å². The smallest absolute Gasteiger partial charge is 0.435 e. The highest BCUT2D eigenvalue weighted by Crippen LogP contribution is 2.42. The minimum Gasteiger partial charge on any atom is -1.00 e. The van der Waals surface area contributed by atoms with Gasteiger partial charge in [0.05, 0.1) is 55.8 Å². The minimum atomic E-state index is -4.84. The fourth-order valence-corrected chi connectivity index (χ4v) is 6.92. The van der Waals surface area contributed by atoms with Crippen LogP contribution in [-0.4, -0.2) is 90.4 Å². The van der Waals surface area contributed by atoms with E-state index in [-0.39, 0.29) is 60.8 Å². The number of ketones is 1. The Morgan fingerprint density at radius 2 is 1.80 bits per heavy atom. The van der Waals surface area contributed by atoms with Gasteiger partial charge in [0.2, 0.25) is 0 Å². The number of primary amides is 1. The third-order valence-electron chi connectivity index (χ3n) is 8.80. The van der Waals surface area contributed by atoms with Crippen molar-refractivity contribution in [2.75, 3.05) is 39.1 Å². The molecule has 15 heteroatoms. The number of halogens is 4. The molecular formula is C35H47ClF3N5O6. The lowest BCUT2D eigenvalue weighted by atomic mass is 9.75. The van der Waals surface area contributed by atoms with Gasteiger partial charge in [-0.25, -0.2) is 4.68 Å². The molecule has 4 rings (SSSR count). The van der Waals surface area contributed by atoms with Crippen molar-refractivity contribution in [3.05, 3.63) is 53.4 Å². The summed E-state index contributed by atoms with van der Waals surface area (Å²) in [5, 5.41) is 3.91. The number of carbonyl (C=O) groups is 4. The number of hydrogen-bond donors (Lipinski definition) is 1. The summed E-state index contributed by atoms with van der Waals surface area (Å²) < 4.78 is 55.1. The number of anilines is 1.